The van der Waals surface area contributed by atoms with Crippen LogP contribution in [0.15, 0.2) is 36.9 Å². The quantitative estimate of drug-likeness (QED) is 0.919. The number of nitrogens with one attached hydrogen (secondary N) is 1. The highest BCUT2D eigenvalue weighted by Crippen LogP contribution is 2.18. The normalized spacial score (nSPS) is 19.0. The molecule has 0 amide bonds. The maximum atomic E-state index is 5.79. The van der Waals surface area contributed by atoms with E-state index in [9.17, 15) is 0 Å². The van der Waals surface area contributed by atoms with E-state index in [0.717, 1.165) is 26.2 Å². The highest BCUT2D eigenvalue weighted by atomic mass is 35.5. The van der Waals surface area contributed by atoms with Gasteiger partial charge in [-0.05, 0) is 36.9 Å². The van der Waals surface area contributed by atoms with Gasteiger partial charge in [-0.25, -0.2) is 9.97 Å². The maximum absolute atomic E-state index is 5.79. The molecule has 1 aliphatic heterocycles. The first-order valence-electron chi connectivity index (χ1n) is 7.62. The number of rotatable bonds is 5. The van der Waals surface area contributed by atoms with Crippen LogP contribution in [0.25, 0.3) is 0 Å². The zero-order valence-electron chi connectivity index (χ0n) is 12.5. The Hall–Kier alpha value is -1.72. The van der Waals surface area contributed by atoms with Crippen LogP contribution >= 0.6 is 11.6 Å². The molecule has 1 saturated heterocycles. The highest BCUT2D eigenvalue weighted by molar-refractivity contribution is 6.30. The predicted octanol–water partition coefficient (Wildman–Crippen LogP) is 2.85. The summed E-state index contributed by atoms with van der Waals surface area (Å²) in [7, 11) is 0. The zero-order valence-corrected chi connectivity index (χ0v) is 13.2. The van der Waals surface area contributed by atoms with Crippen molar-refractivity contribution in [1.82, 2.24) is 19.9 Å². The van der Waals surface area contributed by atoms with Crippen molar-refractivity contribution >= 4 is 17.5 Å². The summed E-state index contributed by atoms with van der Waals surface area (Å²) in [5.74, 6) is 1.26. The number of halogens is 1. The second kappa shape index (κ2) is 7.51. The van der Waals surface area contributed by atoms with Crippen molar-refractivity contribution in [1.29, 1.82) is 0 Å². The summed E-state index contributed by atoms with van der Waals surface area (Å²) >= 11 is 5.79. The fraction of sp³-hybridized carbons (Fsp3) is 0.438. The molecule has 0 aliphatic carbocycles. The van der Waals surface area contributed by atoms with Crippen LogP contribution < -0.4 is 5.32 Å². The molecule has 1 aliphatic rings. The van der Waals surface area contributed by atoms with Gasteiger partial charge in [0, 0.05) is 32.0 Å². The Morgan fingerprint density at radius 2 is 2.14 bits per heavy atom. The lowest BCUT2D eigenvalue weighted by Crippen LogP contribution is -2.37. The molecule has 22 heavy (non-hydrogen) atoms. The molecular weight excluding hydrogens is 298 g/mol. The number of aromatic nitrogens is 3. The molecule has 0 spiro atoms. The van der Waals surface area contributed by atoms with Crippen molar-refractivity contribution in [3.05, 3.63) is 47.5 Å². The zero-order chi connectivity index (χ0) is 15.2. The lowest BCUT2D eigenvalue weighted by molar-refractivity contribution is 0.173. The van der Waals surface area contributed by atoms with Crippen molar-refractivity contribution < 1.29 is 0 Å². The minimum Gasteiger partial charge on any atom is -0.354 e. The second-order valence-corrected chi connectivity index (χ2v) is 6.15. The first kappa shape index (κ1) is 15.2. The number of anilines is 1. The predicted molar refractivity (Wildman–Crippen MR) is 87.8 cm³/mol. The summed E-state index contributed by atoms with van der Waals surface area (Å²) in [5, 5.41) is 3.87. The fourth-order valence-corrected chi connectivity index (χ4v) is 2.95. The Labute approximate surface area is 135 Å². The van der Waals surface area contributed by atoms with Crippen molar-refractivity contribution in [3.8, 4) is 0 Å². The van der Waals surface area contributed by atoms with E-state index in [0.29, 0.717) is 16.9 Å². The Bertz CT molecular complexity index is 575. The van der Waals surface area contributed by atoms with Crippen LogP contribution in [-0.2, 0) is 6.54 Å². The van der Waals surface area contributed by atoms with E-state index in [1.165, 1.54) is 18.4 Å². The van der Waals surface area contributed by atoms with E-state index in [1.807, 2.05) is 18.5 Å². The lowest BCUT2D eigenvalue weighted by atomic mass is 9.97. The summed E-state index contributed by atoms with van der Waals surface area (Å²) in [6.45, 7) is 4.12. The number of pyridine rings is 1. The van der Waals surface area contributed by atoms with Gasteiger partial charge in [-0.1, -0.05) is 17.7 Å². The molecule has 0 radical (unpaired) electrons. The molecule has 1 fully saturated rings. The highest BCUT2D eigenvalue weighted by Gasteiger charge is 2.20. The molecule has 3 heterocycles. The third kappa shape index (κ3) is 4.39. The molecule has 1 N–H and O–H groups in total. The van der Waals surface area contributed by atoms with Crippen LogP contribution in [0.5, 0.6) is 0 Å². The Kier molecular flexibility index (Phi) is 5.19. The van der Waals surface area contributed by atoms with Gasteiger partial charge in [-0.2, -0.15) is 0 Å². The number of hydrogen-bond donors (Lipinski definition) is 1. The monoisotopic (exact) mass is 317 g/mol. The molecule has 2 aromatic heterocycles. The Balaban J connectivity index is 1.49. The summed E-state index contributed by atoms with van der Waals surface area (Å²) in [4.78, 5) is 15.0. The fourth-order valence-electron chi connectivity index (χ4n) is 2.85. The van der Waals surface area contributed by atoms with E-state index >= 15 is 0 Å². The van der Waals surface area contributed by atoms with Crippen molar-refractivity contribution in [2.45, 2.75) is 19.4 Å². The van der Waals surface area contributed by atoms with Crippen LogP contribution in [0.1, 0.15) is 18.4 Å². The molecule has 3 rings (SSSR count). The molecule has 2 aromatic rings. The van der Waals surface area contributed by atoms with Crippen molar-refractivity contribution in [2.75, 3.05) is 25.0 Å². The van der Waals surface area contributed by atoms with Crippen molar-refractivity contribution in [3.63, 3.8) is 0 Å². The van der Waals surface area contributed by atoms with E-state index in [2.05, 4.69) is 31.2 Å². The van der Waals surface area contributed by atoms with Gasteiger partial charge in [0.05, 0.1) is 17.4 Å². The molecule has 5 nitrogen and oxygen atoms in total. The summed E-state index contributed by atoms with van der Waals surface area (Å²) in [6.07, 6.45) is 9.47. The second-order valence-electron chi connectivity index (χ2n) is 5.71. The first-order valence-corrected chi connectivity index (χ1v) is 8.00. The number of piperidine rings is 1. The lowest BCUT2D eigenvalue weighted by Gasteiger charge is -2.32. The van der Waals surface area contributed by atoms with E-state index in [1.54, 1.807) is 12.4 Å². The Morgan fingerprint density at radius 1 is 1.27 bits per heavy atom. The van der Waals surface area contributed by atoms with Crippen molar-refractivity contribution in [2.24, 2.45) is 5.92 Å². The summed E-state index contributed by atoms with van der Waals surface area (Å²) in [6, 6.07) is 4.13. The number of hydrogen-bond acceptors (Lipinski definition) is 5. The van der Waals surface area contributed by atoms with Gasteiger partial charge in [0.15, 0.2) is 0 Å². The average molecular weight is 318 g/mol. The first-order chi connectivity index (χ1) is 10.8. The molecule has 0 saturated carbocycles. The largest absolute Gasteiger partial charge is 0.354 e. The summed E-state index contributed by atoms with van der Waals surface area (Å²) < 4.78 is 0. The topological polar surface area (TPSA) is 53.9 Å². The number of nitrogens with zero attached hydrogens (tertiary/aromatic N) is 4. The standard InChI is InChI=1S/C16H20ClN5/c17-15-9-20-16(21-10-15)19-8-14-4-2-6-22(12-14)11-13-3-1-5-18-7-13/h1,3,5,7,9-10,14H,2,4,6,8,11-12H2,(H,19,20,21). The molecule has 0 bridgehead atoms. The minimum absolute atomic E-state index is 0.561. The van der Waals surface area contributed by atoms with Crippen LogP contribution in [-0.4, -0.2) is 39.5 Å². The Morgan fingerprint density at radius 3 is 2.91 bits per heavy atom. The SMILES string of the molecule is Clc1cnc(NCC2CCCN(Cc3cccnc3)C2)nc1. The van der Waals surface area contributed by atoms with Gasteiger partial charge >= 0.3 is 0 Å². The third-order valence-corrected chi connectivity index (χ3v) is 4.10. The molecule has 6 heteroatoms. The van der Waals surface area contributed by atoms with Crippen LogP contribution in [0, 0.1) is 5.92 Å². The van der Waals surface area contributed by atoms with Gasteiger partial charge in [0.2, 0.25) is 5.95 Å². The molecular formula is C16H20ClN5. The van der Waals surface area contributed by atoms with Gasteiger partial charge in [0.25, 0.3) is 0 Å². The number of likely N-dealkylation sites (tertiary alicyclic amines) is 1. The van der Waals surface area contributed by atoms with Crippen LogP contribution in [0.2, 0.25) is 5.02 Å². The molecule has 1 atom stereocenters. The van der Waals surface area contributed by atoms with E-state index < -0.39 is 0 Å². The molecule has 0 aromatic carbocycles. The van der Waals surface area contributed by atoms with Crippen LogP contribution in [0.3, 0.4) is 0 Å². The van der Waals surface area contributed by atoms with Crippen LogP contribution in [0.4, 0.5) is 5.95 Å². The summed E-state index contributed by atoms with van der Waals surface area (Å²) in [5.41, 5.74) is 1.28. The molecule has 1 unspecified atom stereocenters. The minimum atomic E-state index is 0.561. The van der Waals surface area contributed by atoms with Gasteiger partial charge in [-0.15, -0.1) is 0 Å². The van der Waals surface area contributed by atoms with Gasteiger partial charge < -0.3 is 5.32 Å². The van der Waals surface area contributed by atoms with Gasteiger partial charge in [0.1, 0.15) is 0 Å². The average Bonchev–Trinajstić information content (AvgIpc) is 2.56. The molecule has 116 valence electrons. The maximum Gasteiger partial charge on any atom is 0.222 e. The van der Waals surface area contributed by atoms with Gasteiger partial charge in [-0.3, -0.25) is 9.88 Å². The van der Waals surface area contributed by atoms with E-state index in [4.69, 9.17) is 11.6 Å². The van der Waals surface area contributed by atoms with E-state index in [-0.39, 0.29) is 0 Å². The smallest absolute Gasteiger partial charge is 0.222 e. The third-order valence-electron chi connectivity index (χ3n) is 3.90.